The summed E-state index contributed by atoms with van der Waals surface area (Å²) in [6.07, 6.45) is 3.08. The maximum atomic E-state index is 11.1. The first-order valence-corrected chi connectivity index (χ1v) is 6.77. The van der Waals surface area contributed by atoms with Crippen LogP contribution in [0.1, 0.15) is 26.0 Å². The number of anilines is 3. The van der Waals surface area contributed by atoms with Crippen LogP contribution in [0.2, 0.25) is 0 Å². The van der Waals surface area contributed by atoms with Crippen LogP contribution in [0.25, 0.3) is 0 Å². The number of rotatable bonds is 5. The molecule has 0 fully saturated rings. The van der Waals surface area contributed by atoms with Crippen LogP contribution in [0.3, 0.4) is 0 Å². The molecular weight excluding hydrogens is 252 g/mol. The summed E-state index contributed by atoms with van der Waals surface area (Å²) in [7, 11) is 0. The van der Waals surface area contributed by atoms with Crippen molar-refractivity contribution in [1.82, 2.24) is 9.55 Å². The fourth-order valence-corrected chi connectivity index (χ4v) is 2.06. The van der Waals surface area contributed by atoms with E-state index in [4.69, 9.17) is 0 Å². The Bertz CT molecular complexity index is 604. The van der Waals surface area contributed by atoms with Crippen LogP contribution in [-0.2, 0) is 11.3 Å². The van der Waals surface area contributed by atoms with Gasteiger partial charge in [-0.15, -0.1) is 0 Å². The van der Waals surface area contributed by atoms with E-state index < -0.39 is 0 Å². The zero-order chi connectivity index (χ0) is 14.5. The molecule has 106 valence electrons. The van der Waals surface area contributed by atoms with Crippen molar-refractivity contribution in [1.29, 1.82) is 0 Å². The summed E-state index contributed by atoms with van der Waals surface area (Å²) in [4.78, 5) is 15.6. The molecular formula is C15H20N4O. The Balaban J connectivity index is 2.19. The van der Waals surface area contributed by atoms with Crippen LogP contribution in [0.4, 0.5) is 17.3 Å². The third-order valence-electron chi connectivity index (χ3n) is 2.80. The van der Waals surface area contributed by atoms with Gasteiger partial charge in [0.1, 0.15) is 0 Å². The molecule has 1 amide bonds. The Morgan fingerprint density at radius 2 is 2.10 bits per heavy atom. The van der Waals surface area contributed by atoms with E-state index in [9.17, 15) is 4.79 Å². The molecule has 5 nitrogen and oxygen atoms in total. The van der Waals surface area contributed by atoms with Gasteiger partial charge in [-0.25, -0.2) is 4.98 Å². The van der Waals surface area contributed by atoms with Crippen molar-refractivity contribution in [2.75, 3.05) is 10.6 Å². The van der Waals surface area contributed by atoms with E-state index in [0.717, 1.165) is 36.0 Å². The van der Waals surface area contributed by atoms with Crippen molar-refractivity contribution in [3.8, 4) is 0 Å². The van der Waals surface area contributed by atoms with E-state index in [0.29, 0.717) is 0 Å². The molecule has 0 spiro atoms. The molecule has 20 heavy (non-hydrogen) atoms. The number of aromatic nitrogens is 2. The van der Waals surface area contributed by atoms with Crippen LogP contribution in [-0.4, -0.2) is 15.5 Å². The summed E-state index contributed by atoms with van der Waals surface area (Å²) in [5.74, 6) is 0.745. The van der Waals surface area contributed by atoms with Gasteiger partial charge >= 0.3 is 0 Å². The zero-order valence-electron chi connectivity index (χ0n) is 12.1. The number of benzene rings is 1. The fraction of sp³-hybridized carbons (Fsp3) is 0.333. The van der Waals surface area contributed by atoms with Gasteiger partial charge in [-0.1, -0.05) is 13.0 Å². The van der Waals surface area contributed by atoms with Gasteiger partial charge in [0.2, 0.25) is 11.9 Å². The first kappa shape index (κ1) is 14.1. The number of amides is 1. The average molecular weight is 272 g/mol. The highest BCUT2D eigenvalue weighted by atomic mass is 16.1. The first-order chi connectivity index (χ1) is 9.58. The number of hydrogen-bond acceptors (Lipinski definition) is 3. The van der Waals surface area contributed by atoms with Gasteiger partial charge in [-0.3, -0.25) is 4.79 Å². The Hall–Kier alpha value is -2.30. The summed E-state index contributed by atoms with van der Waals surface area (Å²) < 4.78 is 2.10. The van der Waals surface area contributed by atoms with Crippen LogP contribution in [0.15, 0.2) is 30.5 Å². The first-order valence-electron chi connectivity index (χ1n) is 6.77. The van der Waals surface area contributed by atoms with Gasteiger partial charge in [-0.2, -0.15) is 0 Å². The van der Waals surface area contributed by atoms with Crippen LogP contribution < -0.4 is 10.6 Å². The maximum Gasteiger partial charge on any atom is 0.221 e. The number of hydrogen-bond donors (Lipinski definition) is 2. The topological polar surface area (TPSA) is 59.0 Å². The molecule has 1 aromatic heterocycles. The lowest BCUT2D eigenvalue weighted by atomic mass is 10.2. The highest BCUT2D eigenvalue weighted by Gasteiger charge is 2.06. The monoisotopic (exact) mass is 272 g/mol. The van der Waals surface area contributed by atoms with E-state index in [1.54, 1.807) is 0 Å². The number of imidazole rings is 1. The molecule has 1 aromatic carbocycles. The van der Waals surface area contributed by atoms with E-state index in [1.165, 1.54) is 6.92 Å². The molecule has 0 saturated heterocycles. The van der Waals surface area contributed by atoms with Crippen LogP contribution in [0, 0.1) is 6.92 Å². The fourth-order valence-electron chi connectivity index (χ4n) is 2.06. The summed E-state index contributed by atoms with van der Waals surface area (Å²) in [6, 6.07) is 7.59. The highest BCUT2D eigenvalue weighted by molar-refractivity contribution is 5.89. The van der Waals surface area contributed by atoms with Crippen molar-refractivity contribution < 1.29 is 4.79 Å². The van der Waals surface area contributed by atoms with Crippen molar-refractivity contribution in [2.24, 2.45) is 0 Å². The van der Waals surface area contributed by atoms with Gasteiger partial charge in [0, 0.05) is 31.0 Å². The van der Waals surface area contributed by atoms with Crippen molar-refractivity contribution in [3.63, 3.8) is 0 Å². The molecule has 2 rings (SSSR count). The Morgan fingerprint density at radius 1 is 1.35 bits per heavy atom. The van der Waals surface area contributed by atoms with Gasteiger partial charge in [-0.05, 0) is 31.5 Å². The second-order valence-corrected chi connectivity index (χ2v) is 4.79. The van der Waals surface area contributed by atoms with Crippen LogP contribution >= 0.6 is 0 Å². The molecule has 2 N–H and O–H groups in total. The lowest BCUT2D eigenvalue weighted by Crippen LogP contribution is -2.06. The summed E-state index contributed by atoms with van der Waals surface area (Å²) in [5.41, 5.74) is 2.66. The van der Waals surface area contributed by atoms with E-state index in [1.807, 2.05) is 37.4 Å². The smallest absolute Gasteiger partial charge is 0.221 e. The molecule has 0 saturated carbocycles. The quantitative estimate of drug-likeness (QED) is 0.878. The predicted octanol–water partition coefficient (Wildman–Crippen LogP) is 3.30. The highest BCUT2D eigenvalue weighted by Crippen LogP contribution is 2.20. The lowest BCUT2D eigenvalue weighted by Gasteiger charge is -2.10. The molecule has 1 heterocycles. The molecule has 0 atom stereocenters. The Morgan fingerprint density at radius 3 is 2.80 bits per heavy atom. The predicted molar refractivity (Wildman–Crippen MR) is 81.3 cm³/mol. The normalized spacial score (nSPS) is 10.3. The summed E-state index contributed by atoms with van der Waals surface area (Å²) >= 11 is 0. The minimum absolute atomic E-state index is 0.0783. The summed E-state index contributed by atoms with van der Waals surface area (Å²) in [5, 5.41) is 6.06. The Kier molecular flexibility index (Phi) is 4.40. The molecule has 0 aliphatic carbocycles. The molecule has 5 heteroatoms. The standard InChI is InChI=1S/C15H20N4O/c1-4-8-19-10-11(2)16-15(19)18-14-7-5-6-13(9-14)17-12(3)20/h5-7,9-10H,4,8H2,1-3H3,(H,16,18)(H,17,20). The van der Waals surface area contributed by atoms with Gasteiger partial charge in [0.05, 0.1) is 5.69 Å². The molecule has 0 radical (unpaired) electrons. The van der Waals surface area contributed by atoms with Gasteiger partial charge < -0.3 is 15.2 Å². The zero-order valence-corrected chi connectivity index (χ0v) is 12.1. The van der Waals surface area contributed by atoms with Gasteiger partial charge in [0.25, 0.3) is 0 Å². The average Bonchev–Trinajstić information content (AvgIpc) is 2.69. The van der Waals surface area contributed by atoms with Crippen molar-refractivity contribution in [2.45, 2.75) is 33.7 Å². The molecule has 0 aliphatic heterocycles. The molecule has 0 unspecified atom stereocenters. The third kappa shape index (κ3) is 3.60. The number of carbonyl (C=O) groups is 1. The minimum Gasteiger partial charge on any atom is -0.326 e. The second kappa shape index (κ2) is 6.23. The van der Waals surface area contributed by atoms with Crippen molar-refractivity contribution >= 4 is 23.2 Å². The minimum atomic E-state index is -0.0783. The Labute approximate surface area is 119 Å². The lowest BCUT2D eigenvalue weighted by molar-refractivity contribution is -0.114. The number of aryl methyl sites for hydroxylation is 2. The van der Waals surface area contributed by atoms with Gasteiger partial charge in [0.15, 0.2) is 0 Å². The SMILES string of the molecule is CCCn1cc(C)nc1Nc1cccc(NC(C)=O)c1. The maximum absolute atomic E-state index is 11.1. The molecule has 0 bridgehead atoms. The van der Waals surface area contributed by atoms with E-state index >= 15 is 0 Å². The molecule has 2 aromatic rings. The van der Waals surface area contributed by atoms with E-state index in [2.05, 4.69) is 27.1 Å². The number of carbonyl (C=O) groups excluding carboxylic acids is 1. The van der Waals surface area contributed by atoms with Crippen LogP contribution in [0.5, 0.6) is 0 Å². The molecule has 0 aliphatic rings. The van der Waals surface area contributed by atoms with E-state index in [-0.39, 0.29) is 5.91 Å². The second-order valence-electron chi connectivity index (χ2n) is 4.79. The summed E-state index contributed by atoms with van der Waals surface area (Å²) in [6.45, 7) is 6.54. The third-order valence-corrected chi connectivity index (χ3v) is 2.80. The largest absolute Gasteiger partial charge is 0.326 e. The number of nitrogens with zero attached hydrogens (tertiary/aromatic N) is 2. The number of nitrogens with one attached hydrogen (secondary N) is 2. The van der Waals surface area contributed by atoms with Crippen molar-refractivity contribution in [3.05, 3.63) is 36.2 Å².